The van der Waals surface area contributed by atoms with Gasteiger partial charge in [0.25, 0.3) is 0 Å². The van der Waals surface area contributed by atoms with Crippen molar-refractivity contribution in [3.8, 4) is 5.75 Å². The molecule has 3 amide bonds. The van der Waals surface area contributed by atoms with Crippen LogP contribution in [0.1, 0.15) is 24.0 Å². The molecule has 1 saturated heterocycles. The maximum absolute atomic E-state index is 12.7. The zero-order valence-corrected chi connectivity index (χ0v) is 16.6. The molecule has 3 rings (SSSR count). The van der Waals surface area contributed by atoms with Gasteiger partial charge in [-0.2, -0.15) is 0 Å². The highest BCUT2D eigenvalue weighted by Gasteiger charge is 2.28. The Hall–Kier alpha value is -3.02. The lowest BCUT2D eigenvalue weighted by Gasteiger charge is -2.32. The van der Waals surface area contributed by atoms with E-state index in [1.165, 1.54) is 0 Å². The van der Waals surface area contributed by atoms with Crippen molar-refractivity contribution in [2.45, 2.75) is 26.7 Å². The van der Waals surface area contributed by atoms with Crippen molar-refractivity contribution in [2.24, 2.45) is 5.92 Å². The summed E-state index contributed by atoms with van der Waals surface area (Å²) in [5, 5.41) is 5.92. The van der Waals surface area contributed by atoms with Crippen LogP contribution in [0.3, 0.4) is 0 Å². The molecular formula is C22H27N3O3. The molecule has 148 valence electrons. The number of urea groups is 1. The van der Waals surface area contributed by atoms with E-state index < -0.39 is 0 Å². The van der Waals surface area contributed by atoms with E-state index in [-0.39, 0.29) is 17.9 Å². The van der Waals surface area contributed by atoms with Gasteiger partial charge in [-0.05, 0) is 68.1 Å². The van der Waals surface area contributed by atoms with E-state index >= 15 is 0 Å². The minimum Gasteiger partial charge on any atom is -0.497 e. The van der Waals surface area contributed by atoms with Crippen LogP contribution < -0.4 is 15.4 Å². The van der Waals surface area contributed by atoms with Crippen LogP contribution in [0, 0.1) is 19.8 Å². The minimum absolute atomic E-state index is 0.0318. The number of methoxy groups -OCH3 is 1. The first-order valence-electron chi connectivity index (χ1n) is 9.55. The third kappa shape index (κ3) is 4.63. The van der Waals surface area contributed by atoms with E-state index in [4.69, 9.17) is 4.74 Å². The zero-order chi connectivity index (χ0) is 20.1. The second-order valence-corrected chi connectivity index (χ2v) is 7.18. The molecule has 0 spiro atoms. The van der Waals surface area contributed by atoms with Crippen molar-refractivity contribution in [3.05, 3.63) is 53.6 Å². The number of rotatable bonds is 4. The lowest BCUT2D eigenvalue weighted by atomic mass is 9.97. The molecule has 0 bridgehead atoms. The lowest BCUT2D eigenvalue weighted by Crippen LogP contribution is -2.45. The largest absolute Gasteiger partial charge is 0.497 e. The Labute approximate surface area is 165 Å². The van der Waals surface area contributed by atoms with Gasteiger partial charge in [0.2, 0.25) is 5.91 Å². The number of hydrogen-bond donors (Lipinski definition) is 2. The van der Waals surface area contributed by atoms with Gasteiger partial charge >= 0.3 is 6.03 Å². The fourth-order valence-electron chi connectivity index (χ4n) is 3.37. The molecule has 2 N–H and O–H groups in total. The molecule has 0 aromatic heterocycles. The summed E-state index contributed by atoms with van der Waals surface area (Å²) in [6, 6.07) is 12.9. The first kappa shape index (κ1) is 19.7. The zero-order valence-electron chi connectivity index (χ0n) is 16.6. The van der Waals surface area contributed by atoms with Crippen molar-refractivity contribution in [1.29, 1.82) is 0 Å². The number of benzene rings is 2. The topological polar surface area (TPSA) is 70.7 Å². The van der Waals surface area contributed by atoms with E-state index in [0.29, 0.717) is 18.8 Å². The van der Waals surface area contributed by atoms with Gasteiger partial charge in [0.1, 0.15) is 5.75 Å². The van der Waals surface area contributed by atoms with Crippen LogP contribution in [0.4, 0.5) is 16.2 Å². The molecule has 1 aliphatic heterocycles. The number of nitrogens with one attached hydrogen (secondary N) is 2. The van der Waals surface area contributed by atoms with Crippen LogP contribution in [-0.4, -0.2) is 37.0 Å². The molecular weight excluding hydrogens is 354 g/mol. The molecule has 0 aliphatic carbocycles. The number of aryl methyl sites for hydroxylation is 1. The highest BCUT2D eigenvalue weighted by atomic mass is 16.5. The molecule has 2 aromatic rings. The van der Waals surface area contributed by atoms with Crippen molar-refractivity contribution in [3.63, 3.8) is 0 Å². The van der Waals surface area contributed by atoms with Crippen LogP contribution >= 0.6 is 0 Å². The maximum atomic E-state index is 12.7. The third-order valence-electron chi connectivity index (χ3n) is 5.28. The molecule has 1 atom stereocenters. The van der Waals surface area contributed by atoms with Gasteiger partial charge in [0.05, 0.1) is 13.0 Å². The molecule has 1 aliphatic rings. The Balaban J connectivity index is 1.60. The number of likely N-dealkylation sites (tertiary alicyclic amines) is 1. The first-order valence-corrected chi connectivity index (χ1v) is 9.55. The van der Waals surface area contributed by atoms with E-state index in [0.717, 1.165) is 35.4 Å². The second kappa shape index (κ2) is 8.78. The maximum Gasteiger partial charge on any atom is 0.321 e. The number of hydrogen-bond acceptors (Lipinski definition) is 3. The van der Waals surface area contributed by atoms with Gasteiger partial charge < -0.3 is 20.3 Å². The predicted octanol–water partition coefficient (Wildman–Crippen LogP) is 4.19. The normalized spacial score (nSPS) is 16.4. The molecule has 6 heteroatoms. The Morgan fingerprint density at radius 1 is 1.07 bits per heavy atom. The van der Waals surface area contributed by atoms with Crippen LogP contribution in [0.5, 0.6) is 5.75 Å². The van der Waals surface area contributed by atoms with Crippen LogP contribution in [0.15, 0.2) is 42.5 Å². The number of nitrogens with zero attached hydrogens (tertiary/aromatic N) is 1. The van der Waals surface area contributed by atoms with E-state index in [1.54, 1.807) is 36.3 Å². The molecule has 6 nitrogen and oxygen atoms in total. The van der Waals surface area contributed by atoms with Crippen LogP contribution in [-0.2, 0) is 4.79 Å². The highest BCUT2D eigenvalue weighted by molar-refractivity contribution is 5.95. The van der Waals surface area contributed by atoms with E-state index in [2.05, 4.69) is 10.6 Å². The number of piperidine rings is 1. The summed E-state index contributed by atoms with van der Waals surface area (Å²) < 4.78 is 5.13. The number of carbonyl (C=O) groups excluding carboxylic acids is 2. The molecule has 1 heterocycles. The second-order valence-electron chi connectivity index (χ2n) is 7.18. The lowest BCUT2D eigenvalue weighted by molar-refractivity contribution is -0.121. The predicted molar refractivity (Wildman–Crippen MR) is 111 cm³/mol. The molecule has 0 unspecified atom stereocenters. The number of ether oxygens (including phenoxy) is 1. The van der Waals surface area contributed by atoms with Crippen molar-refractivity contribution >= 4 is 23.3 Å². The third-order valence-corrected chi connectivity index (χ3v) is 5.28. The molecule has 0 radical (unpaired) electrons. The Morgan fingerprint density at radius 2 is 1.82 bits per heavy atom. The van der Waals surface area contributed by atoms with Crippen molar-refractivity contribution < 1.29 is 14.3 Å². The van der Waals surface area contributed by atoms with E-state index in [9.17, 15) is 9.59 Å². The molecule has 0 saturated carbocycles. The molecule has 1 fully saturated rings. The van der Waals surface area contributed by atoms with Gasteiger partial charge in [0, 0.05) is 24.5 Å². The fraction of sp³-hybridized carbons (Fsp3) is 0.364. The highest BCUT2D eigenvalue weighted by Crippen LogP contribution is 2.23. The number of carbonyl (C=O) groups is 2. The van der Waals surface area contributed by atoms with Crippen molar-refractivity contribution in [2.75, 3.05) is 30.8 Å². The van der Waals surface area contributed by atoms with Crippen LogP contribution in [0.2, 0.25) is 0 Å². The van der Waals surface area contributed by atoms with Crippen LogP contribution in [0.25, 0.3) is 0 Å². The summed E-state index contributed by atoms with van der Waals surface area (Å²) in [6.07, 6.45) is 1.59. The average Bonchev–Trinajstić information content (AvgIpc) is 2.72. The Bertz CT molecular complexity index is 849. The van der Waals surface area contributed by atoms with Crippen molar-refractivity contribution in [1.82, 2.24) is 4.90 Å². The SMILES string of the molecule is COc1ccc(NC(=O)N2CCC[C@H](C(=O)Nc3cccc(C)c3C)C2)cc1. The van der Waals surface area contributed by atoms with Gasteiger partial charge in [-0.1, -0.05) is 12.1 Å². The summed E-state index contributed by atoms with van der Waals surface area (Å²) in [7, 11) is 1.60. The summed E-state index contributed by atoms with van der Waals surface area (Å²) in [6.45, 7) is 5.09. The Kier molecular flexibility index (Phi) is 6.19. The quantitative estimate of drug-likeness (QED) is 0.834. The van der Waals surface area contributed by atoms with Gasteiger partial charge in [-0.15, -0.1) is 0 Å². The number of anilines is 2. The van der Waals surface area contributed by atoms with E-state index in [1.807, 2.05) is 32.0 Å². The summed E-state index contributed by atoms with van der Waals surface area (Å²) in [5.74, 6) is 0.491. The first-order chi connectivity index (χ1) is 13.5. The summed E-state index contributed by atoms with van der Waals surface area (Å²) in [5.41, 5.74) is 3.75. The molecule has 28 heavy (non-hydrogen) atoms. The summed E-state index contributed by atoms with van der Waals surface area (Å²) in [4.78, 5) is 27.1. The van der Waals surface area contributed by atoms with Gasteiger partial charge in [-0.25, -0.2) is 4.79 Å². The smallest absolute Gasteiger partial charge is 0.321 e. The molecule has 2 aromatic carbocycles. The monoisotopic (exact) mass is 381 g/mol. The average molecular weight is 381 g/mol. The number of amides is 3. The van der Waals surface area contributed by atoms with Gasteiger partial charge in [0.15, 0.2) is 0 Å². The minimum atomic E-state index is -0.213. The summed E-state index contributed by atoms with van der Waals surface area (Å²) >= 11 is 0. The standard InChI is InChI=1S/C22H27N3O3/c1-15-6-4-8-20(16(15)2)24-21(26)17-7-5-13-25(14-17)22(27)23-18-9-11-19(28-3)12-10-18/h4,6,8-12,17H,5,7,13-14H2,1-3H3,(H,23,27)(H,24,26)/t17-/m0/s1. The van der Waals surface area contributed by atoms with Gasteiger partial charge in [-0.3, -0.25) is 4.79 Å². The Morgan fingerprint density at radius 3 is 2.54 bits per heavy atom. The fourth-order valence-corrected chi connectivity index (χ4v) is 3.37.